The zero-order valence-electron chi connectivity index (χ0n) is 17.0. The second-order valence-corrected chi connectivity index (χ2v) is 7.82. The zero-order chi connectivity index (χ0) is 19.0. The van der Waals surface area contributed by atoms with Crippen LogP contribution in [-0.2, 0) is 25.9 Å². The molecule has 142 valence electrons. The number of nitrogens with zero attached hydrogens (tertiary/aromatic N) is 2. The van der Waals surface area contributed by atoms with Gasteiger partial charge in [0.25, 0.3) is 0 Å². The summed E-state index contributed by atoms with van der Waals surface area (Å²) in [4.78, 5) is 2.58. The number of methoxy groups -OCH3 is 1. The lowest BCUT2D eigenvalue weighted by atomic mass is 9.99. The molecule has 1 aliphatic heterocycles. The number of aryl methyl sites for hydroxylation is 3. The predicted molar refractivity (Wildman–Crippen MR) is 113 cm³/mol. The molecular formula is C24H30N2O. The molecule has 0 saturated heterocycles. The quantitative estimate of drug-likeness (QED) is 0.638. The molecule has 4 rings (SSSR count). The van der Waals surface area contributed by atoms with Gasteiger partial charge in [0.05, 0.1) is 7.11 Å². The van der Waals surface area contributed by atoms with Crippen molar-refractivity contribution in [3.05, 3.63) is 64.8 Å². The van der Waals surface area contributed by atoms with E-state index in [-0.39, 0.29) is 0 Å². The molecule has 0 N–H and O–H groups in total. The minimum atomic E-state index is 0.589. The van der Waals surface area contributed by atoms with E-state index in [0.29, 0.717) is 6.04 Å². The summed E-state index contributed by atoms with van der Waals surface area (Å²) < 4.78 is 8.08. The van der Waals surface area contributed by atoms with Crippen LogP contribution in [0.5, 0.6) is 5.75 Å². The third kappa shape index (κ3) is 3.37. The second kappa shape index (κ2) is 7.40. The van der Waals surface area contributed by atoms with E-state index in [4.69, 9.17) is 4.74 Å². The first-order valence-electron chi connectivity index (χ1n) is 10.1. The SMILES string of the molecule is CCN1Cc2c(n(CCc3cccc(C)c3)c3ccc(OC)cc23)CC1C. The molecule has 1 aliphatic rings. The Balaban J connectivity index is 1.76. The van der Waals surface area contributed by atoms with Gasteiger partial charge < -0.3 is 9.30 Å². The van der Waals surface area contributed by atoms with Crippen molar-refractivity contribution in [1.29, 1.82) is 0 Å². The summed E-state index contributed by atoms with van der Waals surface area (Å²) in [6.45, 7) is 9.95. The van der Waals surface area contributed by atoms with Gasteiger partial charge in [0.2, 0.25) is 0 Å². The summed E-state index contributed by atoms with van der Waals surface area (Å²) in [5, 5.41) is 1.36. The summed E-state index contributed by atoms with van der Waals surface area (Å²) in [6.07, 6.45) is 2.18. The Hall–Kier alpha value is -2.26. The number of hydrogen-bond acceptors (Lipinski definition) is 2. The molecule has 0 aliphatic carbocycles. The highest BCUT2D eigenvalue weighted by Crippen LogP contribution is 2.35. The Morgan fingerprint density at radius 1 is 1.15 bits per heavy atom. The van der Waals surface area contributed by atoms with Gasteiger partial charge in [0.1, 0.15) is 5.75 Å². The van der Waals surface area contributed by atoms with E-state index >= 15 is 0 Å². The molecule has 3 aromatic rings. The molecule has 1 unspecified atom stereocenters. The van der Waals surface area contributed by atoms with Crippen LogP contribution in [0.15, 0.2) is 42.5 Å². The molecule has 0 amide bonds. The Bertz CT molecular complexity index is 956. The number of benzene rings is 2. The Morgan fingerprint density at radius 2 is 2.00 bits per heavy atom. The monoisotopic (exact) mass is 362 g/mol. The first kappa shape index (κ1) is 18.1. The van der Waals surface area contributed by atoms with Crippen molar-refractivity contribution >= 4 is 10.9 Å². The highest BCUT2D eigenvalue weighted by atomic mass is 16.5. The summed E-state index contributed by atoms with van der Waals surface area (Å²) in [5.74, 6) is 0.947. The molecule has 0 spiro atoms. The molecule has 3 nitrogen and oxygen atoms in total. The molecule has 0 bridgehead atoms. The smallest absolute Gasteiger partial charge is 0.119 e. The molecule has 27 heavy (non-hydrogen) atoms. The van der Waals surface area contributed by atoms with Gasteiger partial charge in [0.15, 0.2) is 0 Å². The molecular weight excluding hydrogens is 332 g/mol. The number of rotatable bonds is 5. The van der Waals surface area contributed by atoms with Crippen LogP contribution >= 0.6 is 0 Å². The van der Waals surface area contributed by atoms with Gasteiger partial charge in [-0.25, -0.2) is 0 Å². The maximum atomic E-state index is 5.52. The number of ether oxygens (including phenoxy) is 1. The Labute approximate surface area is 162 Å². The predicted octanol–water partition coefficient (Wildman–Crippen LogP) is 4.97. The van der Waals surface area contributed by atoms with Crippen molar-refractivity contribution in [2.45, 2.75) is 52.7 Å². The summed E-state index contributed by atoms with van der Waals surface area (Å²) in [6, 6.07) is 16.0. The van der Waals surface area contributed by atoms with Crippen molar-refractivity contribution in [2.24, 2.45) is 0 Å². The fourth-order valence-electron chi connectivity index (χ4n) is 4.55. The highest BCUT2D eigenvalue weighted by molar-refractivity contribution is 5.87. The molecule has 3 heteroatoms. The third-order valence-electron chi connectivity index (χ3n) is 6.08. The van der Waals surface area contributed by atoms with Gasteiger partial charge in [-0.05, 0) is 56.1 Å². The molecule has 0 radical (unpaired) electrons. The molecule has 0 saturated carbocycles. The van der Waals surface area contributed by atoms with Crippen LogP contribution < -0.4 is 4.74 Å². The Kier molecular flexibility index (Phi) is 4.96. The fraction of sp³-hybridized carbons (Fsp3) is 0.417. The average molecular weight is 363 g/mol. The van der Waals surface area contributed by atoms with E-state index in [1.54, 1.807) is 7.11 Å². The number of aromatic nitrogens is 1. The zero-order valence-corrected chi connectivity index (χ0v) is 17.0. The number of likely N-dealkylation sites (N-methyl/N-ethyl adjacent to an activating group) is 1. The minimum Gasteiger partial charge on any atom is -0.497 e. The van der Waals surface area contributed by atoms with Crippen LogP contribution in [0.2, 0.25) is 0 Å². The van der Waals surface area contributed by atoms with Crippen LogP contribution in [0.4, 0.5) is 0 Å². The summed E-state index contributed by atoms with van der Waals surface area (Å²) >= 11 is 0. The normalized spacial score (nSPS) is 17.3. The van der Waals surface area contributed by atoms with E-state index in [0.717, 1.165) is 38.2 Å². The van der Waals surface area contributed by atoms with E-state index in [1.165, 1.54) is 33.3 Å². The van der Waals surface area contributed by atoms with E-state index in [1.807, 2.05) is 0 Å². The largest absolute Gasteiger partial charge is 0.497 e. The lowest BCUT2D eigenvalue weighted by Crippen LogP contribution is -2.38. The lowest BCUT2D eigenvalue weighted by molar-refractivity contribution is 0.192. The second-order valence-electron chi connectivity index (χ2n) is 7.82. The molecule has 1 atom stereocenters. The van der Waals surface area contributed by atoms with Crippen LogP contribution in [0.25, 0.3) is 10.9 Å². The molecule has 2 heterocycles. The van der Waals surface area contributed by atoms with Gasteiger partial charge in [0, 0.05) is 42.1 Å². The minimum absolute atomic E-state index is 0.589. The maximum absolute atomic E-state index is 5.52. The third-order valence-corrected chi connectivity index (χ3v) is 6.08. The first-order valence-corrected chi connectivity index (χ1v) is 10.1. The van der Waals surface area contributed by atoms with Crippen LogP contribution in [-0.4, -0.2) is 29.2 Å². The van der Waals surface area contributed by atoms with Gasteiger partial charge in [-0.1, -0.05) is 36.8 Å². The Morgan fingerprint density at radius 3 is 2.74 bits per heavy atom. The topological polar surface area (TPSA) is 17.4 Å². The summed E-state index contributed by atoms with van der Waals surface area (Å²) in [7, 11) is 1.75. The van der Waals surface area contributed by atoms with Gasteiger partial charge in [-0.2, -0.15) is 0 Å². The lowest BCUT2D eigenvalue weighted by Gasteiger charge is -2.33. The number of fused-ring (bicyclic) bond motifs is 3. The van der Waals surface area contributed by atoms with Crippen molar-refractivity contribution < 1.29 is 4.74 Å². The van der Waals surface area contributed by atoms with Crippen LogP contribution in [0, 0.1) is 6.92 Å². The van der Waals surface area contributed by atoms with E-state index in [2.05, 4.69) is 72.7 Å². The van der Waals surface area contributed by atoms with Gasteiger partial charge in [-0.3, -0.25) is 4.90 Å². The molecule has 0 fully saturated rings. The van der Waals surface area contributed by atoms with Crippen molar-refractivity contribution in [3.8, 4) is 5.75 Å². The average Bonchev–Trinajstić information content (AvgIpc) is 2.97. The van der Waals surface area contributed by atoms with Gasteiger partial charge in [-0.15, -0.1) is 0 Å². The van der Waals surface area contributed by atoms with E-state index < -0.39 is 0 Å². The standard InChI is InChI=1S/C24H30N2O/c1-5-25-16-22-21-15-20(27-4)9-10-23(21)26(24(22)14-18(25)3)12-11-19-8-6-7-17(2)13-19/h6-10,13,15,18H,5,11-12,14,16H2,1-4H3. The highest BCUT2D eigenvalue weighted by Gasteiger charge is 2.27. The fourth-order valence-corrected chi connectivity index (χ4v) is 4.55. The first-order chi connectivity index (χ1) is 13.1. The maximum Gasteiger partial charge on any atom is 0.119 e. The van der Waals surface area contributed by atoms with Gasteiger partial charge >= 0.3 is 0 Å². The molecule has 2 aromatic carbocycles. The number of hydrogen-bond donors (Lipinski definition) is 0. The molecule has 1 aromatic heterocycles. The van der Waals surface area contributed by atoms with Crippen molar-refractivity contribution in [3.63, 3.8) is 0 Å². The van der Waals surface area contributed by atoms with Crippen molar-refractivity contribution in [2.75, 3.05) is 13.7 Å². The summed E-state index contributed by atoms with van der Waals surface area (Å²) in [5.41, 5.74) is 7.11. The van der Waals surface area contributed by atoms with Crippen LogP contribution in [0.1, 0.15) is 36.2 Å². The van der Waals surface area contributed by atoms with Crippen LogP contribution in [0.3, 0.4) is 0 Å². The van der Waals surface area contributed by atoms with E-state index in [9.17, 15) is 0 Å². The van der Waals surface area contributed by atoms with Crippen molar-refractivity contribution in [1.82, 2.24) is 9.47 Å².